The van der Waals surface area contributed by atoms with Crippen LogP contribution in [0.4, 0.5) is 0 Å². The monoisotopic (exact) mass is 358 g/mol. The molecule has 0 amide bonds. The minimum absolute atomic E-state index is 0.290. The first-order valence-electron chi connectivity index (χ1n) is 9.96. The van der Waals surface area contributed by atoms with Crippen molar-refractivity contribution >= 4 is 5.96 Å². The van der Waals surface area contributed by atoms with Crippen LogP contribution in [0.5, 0.6) is 0 Å². The minimum atomic E-state index is -0.554. The molecule has 2 unspecified atom stereocenters. The van der Waals surface area contributed by atoms with Crippen LogP contribution in [0, 0.1) is 5.92 Å². The fourth-order valence-corrected chi connectivity index (χ4v) is 4.67. The quantitative estimate of drug-likeness (QED) is 0.821. The van der Waals surface area contributed by atoms with E-state index in [-0.39, 0.29) is 5.54 Å². The molecule has 5 heteroatoms. The summed E-state index contributed by atoms with van der Waals surface area (Å²) >= 11 is 0. The van der Waals surface area contributed by atoms with Gasteiger partial charge in [-0.25, -0.2) is 4.99 Å². The van der Waals surface area contributed by atoms with Crippen LogP contribution < -0.4 is 5.73 Å². The van der Waals surface area contributed by atoms with E-state index < -0.39 is 6.23 Å². The van der Waals surface area contributed by atoms with Gasteiger partial charge in [0.2, 0.25) is 0 Å². The van der Waals surface area contributed by atoms with E-state index in [0.717, 1.165) is 19.5 Å². The van der Waals surface area contributed by atoms with Gasteiger partial charge in [0.1, 0.15) is 6.23 Å². The van der Waals surface area contributed by atoms with Gasteiger partial charge in [-0.1, -0.05) is 62.4 Å². The summed E-state index contributed by atoms with van der Waals surface area (Å²) in [7, 11) is 3.97. The highest BCUT2D eigenvalue weighted by Crippen LogP contribution is 2.37. The number of rotatable bonds is 6. The Kier molecular flexibility index (Phi) is 6.20. The maximum atomic E-state index is 10.6. The van der Waals surface area contributed by atoms with Gasteiger partial charge in [-0.3, -0.25) is 4.90 Å². The number of aliphatic imine (C=N–C) groups is 1. The molecule has 0 spiro atoms. The summed E-state index contributed by atoms with van der Waals surface area (Å²) in [6.07, 6.45) is 7.69. The molecule has 0 aromatic heterocycles. The number of nitrogens with two attached hydrogens (primary N) is 1. The van der Waals surface area contributed by atoms with Crippen molar-refractivity contribution in [2.24, 2.45) is 16.6 Å². The molecule has 1 aliphatic carbocycles. The van der Waals surface area contributed by atoms with E-state index in [1.54, 1.807) is 4.90 Å². The molecule has 144 valence electrons. The standard InChI is InChI=1S/C21H34N4O/c1-24(15-18-11-7-4-8-12-18)16-21(13-17-9-5-3-6-10-17)14-19(26)25(2)20(22)23-21/h4,7-8,11-12,17,19,26H,3,5-6,9-10,13-16H2,1-2H3,(H2,22,23). The summed E-state index contributed by atoms with van der Waals surface area (Å²) in [6.45, 7) is 1.71. The maximum Gasteiger partial charge on any atom is 0.193 e. The molecule has 1 aliphatic heterocycles. The van der Waals surface area contributed by atoms with E-state index in [4.69, 9.17) is 10.7 Å². The van der Waals surface area contributed by atoms with Crippen LogP contribution in [0.3, 0.4) is 0 Å². The van der Waals surface area contributed by atoms with Crippen molar-refractivity contribution in [3.8, 4) is 0 Å². The Balaban J connectivity index is 1.76. The number of guanidine groups is 1. The molecule has 0 bridgehead atoms. The van der Waals surface area contributed by atoms with Crippen molar-refractivity contribution in [3.05, 3.63) is 35.9 Å². The van der Waals surface area contributed by atoms with Gasteiger partial charge < -0.3 is 15.7 Å². The van der Waals surface area contributed by atoms with Crippen molar-refractivity contribution < 1.29 is 5.11 Å². The lowest BCUT2D eigenvalue weighted by atomic mass is 9.77. The van der Waals surface area contributed by atoms with Crippen LogP contribution in [-0.2, 0) is 6.54 Å². The van der Waals surface area contributed by atoms with Crippen molar-refractivity contribution in [1.82, 2.24) is 9.80 Å². The summed E-state index contributed by atoms with van der Waals surface area (Å²) in [4.78, 5) is 8.96. The summed E-state index contributed by atoms with van der Waals surface area (Å²) in [5.74, 6) is 1.16. The normalized spacial score (nSPS) is 27.6. The molecule has 1 aromatic carbocycles. The van der Waals surface area contributed by atoms with E-state index in [2.05, 4.69) is 36.2 Å². The summed E-state index contributed by atoms with van der Waals surface area (Å²) in [5.41, 5.74) is 7.18. The van der Waals surface area contributed by atoms with Crippen LogP contribution in [0.25, 0.3) is 0 Å². The molecule has 3 N–H and O–H groups in total. The molecule has 2 atom stereocenters. The van der Waals surface area contributed by atoms with Gasteiger partial charge in [0, 0.05) is 26.6 Å². The van der Waals surface area contributed by atoms with E-state index in [9.17, 15) is 5.11 Å². The molecule has 0 radical (unpaired) electrons. The number of aliphatic hydroxyl groups excluding tert-OH is 1. The lowest BCUT2D eigenvalue weighted by molar-refractivity contribution is 0.0117. The van der Waals surface area contributed by atoms with Gasteiger partial charge in [-0.2, -0.15) is 0 Å². The molecule has 0 saturated heterocycles. The molecule has 1 aromatic rings. The lowest BCUT2D eigenvalue weighted by Crippen LogP contribution is -2.55. The summed E-state index contributed by atoms with van der Waals surface area (Å²) < 4.78 is 0. The molecular formula is C21H34N4O. The van der Waals surface area contributed by atoms with Gasteiger partial charge in [0.25, 0.3) is 0 Å². The highest BCUT2D eigenvalue weighted by molar-refractivity contribution is 5.79. The van der Waals surface area contributed by atoms with Gasteiger partial charge >= 0.3 is 0 Å². The predicted molar refractivity (Wildman–Crippen MR) is 107 cm³/mol. The predicted octanol–water partition coefficient (Wildman–Crippen LogP) is 2.80. The lowest BCUT2D eigenvalue weighted by Gasteiger charge is -2.44. The highest BCUT2D eigenvalue weighted by atomic mass is 16.3. The molecule has 1 fully saturated rings. The fraction of sp³-hybridized carbons (Fsp3) is 0.667. The third-order valence-corrected chi connectivity index (χ3v) is 5.98. The number of nitrogens with zero attached hydrogens (tertiary/aromatic N) is 3. The zero-order valence-corrected chi connectivity index (χ0v) is 16.3. The Bertz CT molecular complexity index is 599. The number of benzene rings is 1. The van der Waals surface area contributed by atoms with E-state index in [1.165, 1.54) is 37.7 Å². The second kappa shape index (κ2) is 8.40. The Morgan fingerprint density at radius 1 is 1.23 bits per heavy atom. The first kappa shape index (κ1) is 19.2. The molecule has 1 heterocycles. The maximum absolute atomic E-state index is 10.6. The first-order valence-corrected chi connectivity index (χ1v) is 9.96. The van der Waals surface area contributed by atoms with Crippen molar-refractivity contribution in [2.45, 2.75) is 63.3 Å². The molecule has 3 rings (SSSR count). The smallest absolute Gasteiger partial charge is 0.193 e. The SMILES string of the molecule is CN(Cc1ccccc1)CC1(CC2CCCCC2)CC(O)N(C)C(N)=N1. The third-order valence-electron chi connectivity index (χ3n) is 5.98. The van der Waals surface area contributed by atoms with Crippen molar-refractivity contribution in [2.75, 3.05) is 20.6 Å². The minimum Gasteiger partial charge on any atom is -0.373 e. The first-order chi connectivity index (χ1) is 12.5. The molecule has 1 saturated carbocycles. The second-order valence-corrected chi connectivity index (χ2v) is 8.36. The van der Waals surface area contributed by atoms with E-state index in [0.29, 0.717) is 18.3 Å². The van der Waals surface area contributed by atoms with Crippen LogP contribution >= 0.6 is 0 Å². The number of aliphatic hydroxyl groups is 1. The van der Waals surface area contributed by atoms with Crippen molar-refractivity contribution in [1.29, 1.82) is 0 Å². The molecular weight excluding hydrogens is 324 g/mol. The summed E-state index contributed by atoms with van der Waals surface area (Å²) in [6, 6.07) is 10.5. The third kappa shape index (κ3) is 4.77. The highest BCUT2D eigenvalue weighted by Gasteiger charge is 2.41. The number of hydrogen-bond acceptors (Lipinski definition) is 5. The Morgan fingerprint density at radius 3 is 2.58 bits per heavy atom. The van der Waals surface area contributed by atoms with E-state index in [1.807, 2.05) is 13.1 Å². The van der Waals surface area contributed by atoms with Crippen LogP contribution in [0.2, 0.25) is 0 Å². The largest absolute Gasteiger partial charge is 0.373 e. The van der Waals surface area contributed by atoms with Crippen LogP contribution in [-0.4, -0.2) is 53.3 Å². The molecule has 26 heavy (non-hydrogen) atoms. The zero-order chi connectivity index (χ0) is 18.6. The Labute approximate surface area is 157 Å². The van der Waals surface area contributed by atoms with Crippen LogP contribution in [0.1, 0.15) is 50.5 Å². The van der Waals surface area contributed by atoms with Crippen molar-refractivity contribution in [3.63, 3.8) is 0 Å². The average molecular weight is 359 g/mol. The second-order valence-electron chi connectivity index (χ2n) is 8.36. The van der Waals surface area contributed by atoms with Crippen LogP contribution in [0.15, 0.2) is 35.3 Å². The molecule has 2 aliphatic rings. The fourth-order valence-electron chi connectivity index (χ4n) is 4.67. The van der Waals surface area contributed by atoms with Gasteiger partial charge in [0.15, 0.2) is 5.96 Å². The topological polar surface area (TPSA) is 65.1 Å². The Morgan fingerprint density at radius 2 is 1.92 bits per heavy atom. The molecule has 5 nitrogen and oxygen atoms in total. The summed E-state index contributed by atoms with van der Waals surface area (Å²) in [5, 5.41) is 10.6. The van der Waals surface area contributed by atoms with Gasteiger partial charge in [-0.15, -0.1) is 0 Å². The zero-order valence-electron chi connectivity index (χ0n) is 16.3. The number of hydrogen-bond donors (Lipinski definition) is 2. The Hall–Kier alpha value is -1.59. The average Bonchev–Trinajstić information content (AvgIpc) is 2.61. The van der Waals surface area contributed by atoms with Gasteiger partial charge in [0.05, 0.1) is 5.54 Å². The number of likely N-dealkylation sites (N-methyl/N-ethyl adjacent to an activating group) is 1. The van der Waals surface area contributed by atoms with E-state index >= 15 is 0 Å². The van der Waals surface area contributed by atoms with Gasteiger partial charge in [-0.05, 0) is 24.9 Å².